The monoisotopic (exact) mass is 269 g/mol. The van der Waals surface area contributed by atoms with Crippen molar-refractivity contribution in [2.24, 2.45) is 0 Å². The summed E-state index contributed by atoms with van der Waals surface area (Å²) < 4.78 is 26.7. The minimum absolute atomic E-state index is 0.0205. The van der Waals surface area contributed by atoms with E-state index in [1.54, 1.807) is 24.3 Å². The molecule has 94 valence electrons. The molecular weight excluding hydrogens is 260 g/mol. The Balaban J connectivity index is 2.31. The molecular formula is C12H10ClF2N3. The molecule has 2 aromatic rings. The standard InChI is InChI=1S/C12H10ClF2N3/c1-16-11-9(14)6-10(15)12(18-11)17-8-4-2-7(13)3-5-8/h2-6H,1H3,(H2,16,17,18). The Kier molecular flexibility index (Phi) is 3.62. The number of benzene rings is 1. The maximum atomic E-state index is 13.5. The second-order valence-corrected chi connectivity index (χ2v) is 3.97. The smallest absolute Gasteiger partial charge is 0.169 e. The minimum atomic E-state index is -0.763. The van der Waals surface area contributed by atoms with Crippen molar-refractivity contribution in [3.63, 3.8) is 0 Å². The number of nitrogens with zero attached hydrogens (tertiary/aromatic N) is 1. The molecule has 0 aliphatic rings. The molecule has 1 aromatic carbocycles. The third-order valence-electron chi connectivity index (χ3n) is 2.27. The molecule has 0 saturated heterocycles. The number of aromatic nitrogens is 1. The first-order chi connectivity index (χ1) is 8.60. The predicted molar refractivity (Wildman–Crippen MR) is 68.4 cm³/mol. The largest absolute Gasteiger partial charge is 0.371 e. The lowest BCUT2D eigenvalue weighted by molar-refractivity contribution is 0.580. The molecule has 0 saturated carbocycles. The summed E-state index contributed by atoms with van der Waals surface area (Å²) in [6, 6.07) is 7.43. The van der Waals surface area contributed by atoms with E-state index in [0.29, 0.717) is 10.7 Å². The Hall–Kier alpha value is -1.88. The molecule has 6 heteroatoms. The van der Waals surface area contributed by atoms with Crippen LogP contribution in [0.4, 0.5) is 26.1 Å². The van der Waals surface area contributed by atoms with Crippen LogP contribution < -0.4 is 10.6 Å². The molecule has 0 fully saturated rings. The van der Waals surface area contributed by atoms with Gasteiger partial charge in [0.2, 0.25) is 0 Å². The van der Waals surface area contributed by atoms with Crippen molar-refractivity contribution >= 4 is 28.9 Å². The Morgan fingerprint density at radius 1 is 1.06 bits per heavy atom. The number of hydrogen-bond donors (Lipinski definition) is 2. The van der Waals surface area contributed by atoms with Gasteiger partial charge in [-0.2, -0.15) is 0 Å². The first-order valence-electron chi connectivity index (χ1n) is 5.16. The molecule has 2 N–H and O–H groups in total. The van der Waals surface area contributed by atoms with Gasteiger partial charge in [-0.1, -0.05) is 11.6 Å². The van der Waals surface area contributed by atoms with E-state index in [-0.39, 0.29) is 11.6 Å². The van der Waals surface area contributed by atoms with E-state index in [0.717, 1.165) is 6.07 Å². The number of pyridine rings is 1. The summed E-state index contributed by atoms with van der Waals surface area (Å²) in [5, 5.41) is 5.87. The molecule has 0 unspecified atom stereocenters. The van der Waals surface area contributed by atoms with Crippen molar-refractivity contribution in [1.29, 1.82) is 0 Å². The highest BCUT2D eigenvalue weighted by molar-refractivity contribution is 6.30. The van der Waals surface area contributed by atoms with Gasteiger partial charge in [-0.15, -0.1) is 0 Å². The van der Waals surface area contributed by atoms with E-state index in [1.165, 1.54) is 7.05 Å². The highest BCUT2D eigenvalue weighted by Gasteiger charge is 2.10. The van der Waals surface area contributed by atoms with Crippen LogP contribution in [0.15, 0.2) is 30.3 Å². The van der Waals surface area contributed by atoms with Gasteiger partial charge in [0, 0.05) is 23.8 Å². The van der Waals surface area contributed by atoms with E-state index >= 15 is 0 Å². The summed E-state index contributed by atoms with van der Waals surface area (Å²) in [5.74, 6) is -1.57. The van der Waals surface area contributed by atoms with E-state index in [9.17, 15) is 8.78 Å². The topological polar surface area (TPSA) is 37.0 Å². The van der Waals surface area contributed by atoms with Gasteiger partial charge in [0.1, 0.15) is 0 Å². The van der Waals surface area contributed by atoms with E-state index < -0.39 is 11.6 Å². The maximum Gasteiger partial charge on any atom is 0.169 e. The molecule has 1 aromatic heterocycles. The first kappa shape index (κ1) is 12.6. The summed E-state index contributed by atoms with van der Waals surface area (Å²) in [6.07, 6.45) is 0. The number of rotatable bonds is 3. The summed E-state index contributed by atoms with van der Waals surface area (Å²) in [4.78, 5) is 3.80. The van der Waals surface area contributed by atoms with E-state index in [2.05, 4.69) is 15.6 Å². The fourth-order valence-corrected chi connectivity index (χ4v) is 1.53. The van der Waals surface area contributed by atoms with Crippen LogP contribution in [0.5, 0.6) is 0 Å². The molecule has 0 spiro atoms. The van der Waals surface area contributed by atoms with Crippen LogP contribution in [0, 0.1) is 11.6 Å². The van der Waals surface area contributed by atoms with Crippen molar-refractivity contribution in [3.8, 4) is 0 Å². The SMILES string of the molecule is CNc1nc(Nc2ccc(Cl)cc2)c(F)cc1F. The molecule has 0 amide bonds. The second-order valence-electron chi connectivity index (χ2n) is 3.53. The summed E-state index contributed by atoms with van der Waals surface area (Å²) in [5.41, 5.74) is 0.611. The van der Waals surface area contributed by atoms with Gasteiger partial charge in [0.05, 0.1) is 0 Å². The Morgan fingerprint density at radius 3 is 2.28 bits per heavy atom. The number of nitrogens with one attached hydrogen (secondary N) is 2. The van der Waals surface area contributed by atoms with Gasteiger partial charge >= 0.3 is 0 Å². The number of hydrogen-bond acceptors (Lipinski definition) is 3. The van der Waals surface area contributed by atoms with Gasteiger partial charge in [-0.05, 0) is 24.3 Å². The molecule has 0 radical (unpaired) electrons. The number of anilines is 3. The summed E-state index contributed by atoms with van der Waals surface area (Å²) in [7, 11) is 1.51. The van der Waals surface area contributed by atoms with E-state index in [4.69, 9.17) is 11.6 Å². The number of halogens is 3. The minimum Gasteiger partial charge on any atom is -0.371 e. The molecule has 0 aliphatic heterocycles. The average molecular weight is 270 g/mol. The second kappa shape index (κ2) is 5.18. The zero-order valence-corrected chi connectivity index (χ0v) is 10.2. The van der Waals surface area contributed by atoms with Gasteiger partial charge < -0.3 is 10.6 Å². The quantitative estimate of drug-likeness (QED) is 0.890. The fraction of sp³-hybridized carbons (Fsp3) is 0.0833. The first-order valence-corrected chi connectivity index (χ1v) is 5.54. The van der Waals surface area contributed by atoms with Crippen molar-refractivity contribution in [2.75, 3.05) is 17.7 Å². The molecule has 2 rings (SSSR count). The summed E-state index contributed by atoms with van der Waals surface area (Å²) >= 11 is 5.74. The van der Waals surface area contributed by atoms with Crippen LogP contribution in [-0.2, 0) is 0 Å². The lowest BCUT2D eigenvalue weighted by Crippen LogP contribution is -2.03. The molecule has 0 atom stereocenters. The van der Waals surface area contributed by atoms with Gasteiger partial charge in [0.15, 0.2) is 23.3 Å². The van der Waals surface area contributed by atoms with Crippen LogP contribution in [0.3, 0.4) is 0 Å². The van der Waals surface area contributed by atoms with E-state index in [1.807, 2.05) is 0 Å². The average Bonchev–Trinajstić information content (AvgIpc) is 2.35. The molecule has 0 aliphatic carbocycles. The highest BCUT2D eigenvalue weighted by Crippen LogP contribution is 2.23. The molecule has 0 bridgehead atoms. The van der Waals surface area contributed by atoms with Gasteiger partial charge in [-0.3, -0.25) is 0 Å². The highest BCUT2D eigenvalue weighted by atomic mass is 35.5. The normalized spacial score (nSPS) is 10.2. The summed E-state index contributed by atoms with van der Waals surface area (Å²) in [6.45, 7) is 0. The molecule has 18 heavy (non-hydrogen) atoms. The van der Waals surface area contributed by atoms with Crippen LogP contribution in [-0.4, -0.2) is 12.0 Å². The Bertz CT molecular complexity index is 558. The lowest BCUT2D eigenvalue weighted by Gasteiger charge is -2.09. The third kappa shape index (κ3) is 2.68. The molecule has 3 nitrogen and oxygen atoms in total. The molecule has 1 heterocycles. The zero-order valence-electron chi connectivity index (χ0n) is 9.47. The van der Waals surface area contributed by atoms with Crippen LogP contribution in [0.25, 0.3) is 0 Å². The lowest BCUT2D eigenvalue weighted by atomic mass is 10.3. The Labute approximate surface area is 108 Å². The van der Waals surface area contributed by atoms with Gasteiger partial charge in [0.25, 0.3) is 0 Å². The van der Waals surface area contributed by atoms with Crippen molar-refractivity contribution in [1.82, 2.24) is 4.98 Å². The maximum absolute atomic E-state index is 13.5. The Morgan fingerprint density at radius 2 is 1.67 bits per heavy atom. The van der Waals surface area contributed by atoms with Crippen LogP contribution >= 0.6 is 11.6 Å². The van der Waals surface area contributed by atoms with Crippen LogP contribution in [0.2, 0.25) is 5.02 Å². The predicted octanol–water partition coefficient (Wildman–Crippen LogP) is 3.80. The van der Waals surface area contributed by atoms with Crippen molar-refractivity contribution in [2.45, 2.75) is 0 Å². The van der Waals surface area contributed by atoms with Crippen LogP contribution in [0.1, 0.15) is 0 Å². The fourth-order valence-electron chi connectivity index (χ4n) is 1.40. The van der Waals surface area contributed by atoms with Gasteiger partial charge in [-0.25, -0.2) is 13.8 Å². The van der Waals surface area contributed by atoms with Crippen molar-refractivity contribution in [3.05, 3.63) is 47.0 Å². The van der Waals surface area contributed by atoms with Crippen molar-refractivity contribution < 1.29 is 8.78 Å². The zero-order chi connectivity index (χ0) is 13.1. The third-order valence-corrected chi connectivity index (χ3v) is 2.53.